The van der Waals surface area contributed by atoms with Gasteiger partial charge in [-0.3, -0.25) is 4.79 Å². The highest BCUT2D eigenvalue weighted by atomic mass is 35.5. The number of halogens is 2. The number of aromatic nitrogens is 4. The molecule has 1 atom stereocenters. The molecule has 1 aromatic carbocycles. The van der Waals surface area contributed by atoms with Crippen LogP contribution in [-0.2, 0) is 11.3 Å². The van der Waals surface area contributed by atoms with E-state index in [0.717, 1.165) is 23.2 Å². The van der Waals surface area contributed by atoms with Gasteiger partial charge in [0.25, 0.3) is 0 Å². The van der Waals surface area contributed by atoms with Crippen molar-refractivity contribution in [2.45, 2.75) is 38.3 Å². The zero-order valence-electron chi connectivity index (χ0n) is 14.5. The van der Waals surface area contributed by atoms with Crippen LogP contribution in [0.2, 0.25) is 5.02 Å². The number of carbonyl (C=O) groups is 1. The molecule has 0 unspecified atom stereocenters. The minimum Gasteiger partial charge on any atom is -0.348 e. The maximum atomic E-state index is 13.6. The van der Waals surface area contributed by atoms with Crippen LogP contribution >= 0.6 is 11.6 Å². The number of fused-ring (bicyclic) bond motifs is 1. The normalized spacial score (nSPS) is 15.1. The van der Waals surface area contributed by atoms with Crippen LogP contribution in [0.4, 0.5) is 4.39 Å². The van der Waals surface area contributed by atoms with Crippen molar-refractivity contribution in [3.05, 3.63) is 62.9 Å². The van der Waals surface area contributed by atoms with Gasteiger partial charge in [-0.15, -0.1) is 5.10 Å². The molecule has 7 nitrogen and oxygen atoms in total. The van der Waals surface area contributed by atoms with Crippen LogP contribution in [0.25, 0.3) is 5.65 Å². The third kappa shape index (κ3) is 3.57. The Morgan fingerprint density at radius 3 is 2.81 bits per heavy atom. The van der Waals surface area contributed by atoms with Crippen molar-refractivity contribution in [2.75, 3.05) is 0 Å². The second-order valence-corrected chi connectivity index (χ2v) is 7.11. The van der Waals surface area contributed by atoms with Gasteiger partial charge in [0.1, 0.15) is 12.4 Å². The minimum atomic E-state index is -0.552. The number of nitrogens with zero attached hydrogens (tertiary/aromatic N) is 4. The Kier molecular flexibility index (Phi) is 4.43. The zero-order chi connectivity index (χ0) is 19.1. The summed E-state index contributed by atoms with van der Waals surface area (Å²) < 4.78 is 15.9. The first-order valence-electron chi connectivity index (χ1n) is 8.63. The average Bonchev–Trinajstić information content (AvgIpc) is 3.44. The fourth-order valence-corrected chi connectivity index (χ4v) is 3.03. The summed E-state index contributed by atoms with van der Waals surface area (Å²) in [6.45, 7) is 1.47. The number of hydrogen-bond donors (Lipinski definition) is 1. The van der Waals surface area contributed by atoms with E-state index in [9.17, 15) is 14.0 Å². The first kappa shape index (κ1) is 17.7. The monoisotopic (exact) mass is 389 g/mol. The van der Waals surface area contributed by atoms with Crippen molar-refractivity contribution in [1.82, 2.24) is 24.7 Å². The molecule has 0 radical (unpaired) electrons. The number of rotatable bonds is 5. The van der Waals surface area contributed by atoms with Crippen molar-refractivity contribution in [3.8, 4) is 0 Å². The van der Waals surface area contributed by atoms with Crippen LogP contribution in [0, 0.1) is 5.82 Å². The molecular formula is C18H17ClFN5O2. The molecule has 27 heavy (non-hydrogen) atoms. The molecular weight excluding hydrogens is 373 g/mol. The van der Waals surface area contributed by atoms with E-state index in [2.05, 4.69) is 15.5 Å². The van der Waals surface area contributed by atoms with E-state index < -0.39 is 23.5 Å². The Morgan fingerprint density at radius 2 is 2.11 bits per heavy atom. The predicted molar refractivity (Wildman–Crippen MR) is 97.2 cm³/mol. The third-order valence-corrected chi connectivity index (χ3v) is 4.88. The van der Waals surface area contributed by atoms with Crippen molar-refractivity contribution in [3.63, 3.8) is 0 Å². The molecule has 2 heterocycles. The Morgan fingerprint density at radius 1 is 1.33 bits per heavy atom. The Balaban J connectivity index is 1.49. The molecule has 0 saturated heterocycles. The maximum Gasteiger partial charge on any atom is 0.367 e. The number of benzene rings is 1. The van der Waals surface area contributed by atoms with E-state index in [-0.39, 0.29) is 11.6 Å². The van der Waals surface area contributed by atoms with E-state index in [0.29, 0.717) is 17.1 Å². The minimum absolute atomic E-state index is 0.0200. The van der Waals surface area contributed by atoms with E-state index in [1.807, 2.05) is 6.07 Å². The lowest BCUT2D eigenvalue weighted by atomic mass is 10.1. The molecule has 1 aliphatic carbocycles. The van der Waals surface area contributed by atoms with Crippen LogP contribution in [0.1, 0.15) is 43.0 Å². The van der Waals surface area contributed by atoms with E-state index in [1.165, 1.54) is 16.6 Å². The second kappa shape index (κ2) is 6.77. The molecule has 0 bridgehead atoms. The highest BCUT2D eigenvalue weighted by Gasteiger charge is 2.26. The lowest BCUT2D eigenvalue weighted by molar-refractivity contribution is -0.122. The molecule has 1 N–H and O–H groups in total. The Labute approximate surface area is 158 Å². The van der Waals surface area contributed by atoms with Gasteiger partial charge < -0.3 is 5.32 Å². The highest BCUT2D eigenvalue weighted by molar-refractivity contribution is 6.30. The first-order chi connectivity index (χ1) is 12.9. The molecule has 9 heteroatoms. The standard InChI is InChI=1S/C18H17ClFN5O2/c1-10(12-4-5-13(19)14(20)8-12)21-17(26)9-24-18(27)25-16(23-24)7-6-15(22-25)11-2-3-11/h4-8,10-11H,2-3,9H2,1H3,(H,21,26)/t10-/m0/s1. The molecule has 1 fully saturated rings. The van der Waals surface area contributed by atoms with E-state index >= 15 is 0 Å². The summed E-state index contributed by atoms with van der Waals surface area (Å²) >= 11 is 5.67. The van der Waals surface area contributed by atoms with Gasteiger partial charge >= 0.3 is 5.69 Å². The zero-order valence-corrected chi connectivity index (χ0v) is 15.3. The van der Waals surface area contributed by atoms with Gasteiger partial charge in [-0.05, 0) is 49.6 Å². The Bertz CT molecular complexity index is 1090. The van der Waals surface area contributed by atoms with Crippen molar-refractivity contribution in [2.24, 2.45) is 0 Å². The van der Waals surface area contributed by atoms with Gasteiger partial charge in [0.15, 0.2) is 5.65 Å². The topological polar surface area (TPSA) is 81.3 Å². The molecule has 4 rings (SSSR count). The molecule has 1 amide bonds. The summed E-state index contributed by atoms with van der Waals surface area (Å²) in [7, 11) is 0. The number of carbonyl (C=O) groups excluding carboxylic acids is 1. The smallest absolute Gasteiger partial charge is 0.348 e. The third-order valence-electron chi connectivity index (χ3n) is 4.57. The van der Waals surface area contributed by atoms with Crippen LogP contribution in [-0.4, -0.2) is 25.3 Å². The van der Waals surface area contributed by atoms with Crippen molar-refractivity contribution >= 4 is 23.2 Å². The SMILES string of the molecule is C[C@H](NC(=O)Cn1nc2ccc(C3CC3)nn2c1=O)c1ccc(Cl)c(F)c1. The summed E-state index contributed by atoms with van der Waals surface area (Å²) in [5, 5.41) is 11.2. The van der Waals surface area contributed by atoms with Crippen molar-refractivity contribution in [1.29, 1.82) is 0 Å². The highest BCUT2D eigenvalue weighted by Crippen LogP contribution is 2.38. The molecule has 0 aliphatic heterocycles. The molecule has 1 saturated carbocycles. The fraction of sp³-hybridized carbons (Fsp3) is 0.333. The van der Waals surface area contributed by atoms with Gasteiger partial charge in [-0.1, -0.05) is 17.7 Å². The molecule has 0 spiro atoms. The van der Waals surface area contributed by atoms with Crippen LogP contribution in [0.3, 0.4) is 0 Å². The second-order valence-electron chi connectivity index (χ2n) is 6.71. The van der Waals surface area contributed by atoms with Crippen LogP contribution in [0.5, 0.6) is 0 Å². The molecule has 140 valence electrons. The molecule has 1 aliphatic rings. The maximum absolute atomic E-state index is 13.6. The van der Waals surface area contributed by atoms with Gasteiger partial charge in [0.05, 0.1) is 16.8 Å². The Hall–Kier alpha value is -2.74. The predicted octanol–water partition coefficient (Wildman–Crippen LogP) is 2.44. The van der Waals surface area contributed by atoms with Gasteiger partial charge in [-0.2, -0.15) is 9.61 Å². The first-order valence-corrected chi connectivity index (χ1v) is 9.01. The fourth-order valence-electron chi connectivity index (χ4n) is 2.91. The van der Waals surface area contributed by atoms with Gasteiger partial charge in [0.2, 0.25) is 5.91 Å². The van der Waals surface area contributed by atoms with E-state index in [4.69, 9.17) is 11.6 Å². The summed E-state index contributed by atoms with van der Waals surface area (Å²) in [5.41, 5.74) is 1.37. The molecule has 2 aromatic heterocycles. The van der Waals surface area contributed by atoms with E-state index in [1.54, 1.807) is 19.1 Å². The van der Waals surface area contributed by atoms with Crippen LogP contribution in [0.15, 0.2) is 35.1 Å². The summed E-state index contributed by atoms with van der Waals surface area (Å²) in [6, 6.07) is 7.49. The largest absolute Gasteiger partial charge is 0.367 e. The van der Waals surface area contributed by atoms with Gasteiger partial charge in [0, 0.05) is 5.92 Å². The van der Waals surface area contributed by atoms with Crippen molar-refractivity contribution < 1.29 is 9.18 Å². The summed E-state index contributed by atoms with van der Waals surface area (Å²) in [5.74, 6) is -0.552. The lowest BCUT2D eigenvalue weighted by Crippen LogP contribution is -2.34. The number of amides is 1. The van der Waals surface area contributed by atoms with Gasteiger partial charge in [-0.25, -0.2) is 13.9 Å². The quantitative estimate of drug-likeness (QED) is 0.726. The van der Waals surface area contributed by atoms with Crippen LogP contribution < -0.4 is 11.0 Å². The summed E-state index contributed by atoms with van der Waals surface area (Å²) in [4.78, 5) is 24.8. The number of hydrogen-bond acceptors (Lipinski definition) is 4. The average molecular weight is 390 g/mol. The summed E-state index contributed by atoms with van der Waals surface area (Å²) in [6.07, 6.45) is 2.15. The number of nitrogens with one attached hydrogen (secondary N) is 1. The lowest BCUT2D eigenvalue weighted by Gasteiger charge is -2.14. The molecule has 3 aromatic rings.